The molecule has 4 rings (SSSR count). The van der Waals surface area contributed by atoms with Gasteiger partial charge in [-0.15, -0.1) is 5.10 Å². The maximum absolute atomic E-state index is 12.5. The van der Waals surface area contributed by atoms with Crippen molar-refractivity contribution in [1.29, 1.82) is 0 Å². The second-order valence-corrected chi connectivity index (χ2v) is 6.27. The molecule has 5 heteroatoms. The Morgan fingerprint density at radius 2 is 1.79 bits per heavy atom. The van der Waals surface area contributed by atoms with Crippen LogP contribution in [0.15, 0.2) is 12.4 Å². The normalized spacial score (nSPS) is 34.3. The molecule has 1 aromatic rings. The van der Waals surface area contributed by atoms with Gasteiger partial charge in [-0.1, -0.05) is 11.6 Å². The van der Waals surface area contributed by atoms with Crippen LogP contribution in [-0.4, -0.2) is 37.9 Å². The van der Waals surface area contributed by atoms with E-state index in [1.54, 1.807) is 6.20 Å². The van der Waals surface area contributed by atoms with Gasteiger partial charge in [0.1, 0.15) is 0 Å². The van der Waals surface area contributed by atoms with Gasteiger partial charge in [0.25, 0.3) is 0 Å². The molecule has 3 aliphatic rings. The monoisotopic (exact) mass is 260 g/mol. The van der Waals surface area contributed by atoms with Crippen LogP contribution < -0.4 is 0 Å². The van der Waals surface area contributed by atoms with Gasteiger partial charge in [-0.2, -0.15) is 0 Å². The smallest absolute Gasteiger partial charge is 0.226 e. The minimum absolute atomic E-state index is 0.339. The van der Waals surface area contributed by atoms with E-state index >= 15 is 0 Å². The molecule has 1 aromatic heterocycles. The molecule has 5 nitrogen and oxygen atoms in total. The predicted molar refractivity (Wildman–Crippen MR) is 69.3 cm³/mol. The zero-order chi connectivity index (χ0) is 12.8. The molecule has 3 heterocycles. The van der Waals surface area contributed by atoms with Gasteiger partial charge in [0.05, 0.1) is 12.2 Å². The summed E-state index contributed by atoms with van der Waals surface area (Å²) in [4.78, 5) is 14.8. The summed E-state index contributed by atoms with van der Waals surface area (Å²) in [5.74, 6) is 0.779. The molecule has 2 unspecified atom stereocenters. The molecule has 0 radical (unpaired) electrons. The van der Waals surface area contributed by atoms with E-state index in [-0.39, 0.29) is 0 Å². The van der Waals surface area contributed by atoms with Gasteiger partial charge in [0.2, 0.25) is 5.91 Å². The molecule has 2 atom stereocenters. The molecule has 2 aliphatic heterocycles. The van der Waals surface area contributed by atoms with Crippen LogP contribution in [0.1, 0.15) is 51.0 Å². The first-order valence-electron chi connectivity index (χ1n) is 7.51. The summed E-state index contributed by atoms with van der Waals surface area (Å²) in [7, 11) is 0. The van der Waals surface area contributed by atoms with E-state index in [0.29, 0.717) is 30.0 Å². The number of hydrogen-bond acceptors (Lipinski definition) is 3. The Hall–Kier alpha value is -1.39. The second-order valence-electron chi connectivity index (χ2n) is 6.27. The summed E-state index contributed by atoms with van der Waals surface area (Å²) in [6, 6.07) is 1.33. The number of nitrogens with zero attached hydrogens (tertiary/aromatic N) is 4. The van der Waals surface area contributed by atoms with Crippen LogP contribution in [0.25, 0.3) is 0 Å². The fourth-order valence-electron chi connectivity index (χ4n) is 4.00. The lowest BCUT2D eigenvalue weighted by Gasteiger charge is -2.42. The topological polar surface area (TPSA) is 51.0 Å². The highest BCUT2D eigenvalue weighted by molar-refractivity contribution is 5.80. The van der Waals surface area contributed by atoms with E-state index in [0.717, 1.165) is 25.7 Å². The highest BCUT2D eigenvalue weighted by Gasteiger charge is 2.46. The number of piperidine rings is 1. The molecular formula is C14H20N4O. The average molecular weight is 260 g/mol. The van der Waals surface area contributed by atoms with Crippen LogP contribution in [0, 0.1) is 5.92 Å². The summed E-state index contributed by atoms with van der Waals surface area (Å²) < 4.78 is 1.98. The zero-order valence-corrected chi connectivity index (χ0v) is 11.1. The second kappa shape index (κ2) is 4.32. The molecule has 2 saturated heterocycles. The summed E-state index contributed by atoms with van der Waals surface area (Å²) >= 11 is 0. The Morgan fingerprint density at radius 1 is 1.05 bits per heavy atom. The Labute approximate surface area is 113 Å². The van der Waals surface area contributed by atoms with Crippen molar-refractivity contribution in [1.82, 2.24) is 19.9 Å². The third kappa shape index (κ3) is 1.78. The standard InChI is InChI=1S/C14H20N4O/c19-14(10-2-1-3-10)18-11-4-5-12(18)9-13(8-11)17-7-6-15-16-17/h6-7,10-13H,1-5,8-9H2. The van der Waals surface area contributed by atoms with Crippen molar-refractivity contribution >= 4 is 5.91 Å². The van der Waals surface area contributed by atoms with Crippen LogP contribution in [0.3, 0.4) is 0 Å². The first-order valence-corrected chi connectivity index (χ1v) is 7.51. The lowest BCUT2D eigenvalue weighted by atomic mass is 9.83. The largest absolute Gasteiger partial charge is 0.336 e. The third-order valence-corrected chi connectivity index (χ3v) is 5.23. The highest BCUT2D eigenvalue weighted by Crippen LogP contribution is 2.42. The minimum atomic E-state index is 0.339. The SMILES string of the molecule is O=C(C1CCC1)N1C2CCC1CC(n1ccnn1)C2. The number of rotatable bonds is 2. The molecule has 0 spiro atoms. The average Bonchev–Trinajstić information content (AvgIpc) is 2.94. The van der Waals surface area contributed by atoms with Gasteiger partial charge in [-0.3, -0.25) is 4.79 Å². The van der Waals surface area contributed by atoms with Gasteiger partial charge in [-0.05, 0) is 38.5 Å². The summed E-state index contributed by atoms with van der Waals surface area (Å²) in [5, 5.41) is 8.04. The van der Waals surface area contributed by atoms with Crippen molar-refractivity contribution in [3.05, 3.63) is 12.4 Å². The first kappa shape index (κ1) is 11.4. The number of amides is 1. The molecule has 1 saturated carbocycles. The van der Waals surface area contributed by atoms with E-state index in [2.05, 4.69) is 15.2 Å². The summed E-state index contributed by atoms with van der Waals surface area (Å²) in [6.45, 7) is 0. The van der Waals surface area contributed by atoms with E-state index < -0.39 is 0 Å². The molecule has 102 valence electrons. The number of fused-ring (bicyclic) bond motifs is 2. The van der Waals surface area contributed by atoms with Crippen molar-refractivity contribution in [2.24, 2.45) is 5.92 Å². The molecule has 19 heavy (non-hydrogen) atoms. The molecule has 0 N–H and O–H groups in total. The van der Waals surface area contributed by atoms with Crippen LogP contribution in [0.5, 0.6) is 0 Å². The third-order valence-electron chi connectivity index (χ3n) is 5.23. The van der Waals surface area contributed by atoms with Crippen LogP contribution in [-0.2, 0) is 4.79 Å². The van der Waals surface area contributed by atoms with Crippen molar-refractivity contribution in [2.45, 2.75) is 63.1 Å². The van der Waals surface area contributed by atoms with Crippen molar-refractivity contribution in [3.8, 4) is 0 Å². The van der Waals surface area contributed by atoms with Gasteiger partial charge in [0, 0.05) is 24.2 Å². The quantitative estimate of drug-likeness (QED) is 0.814. The highest BCUT2D eigenvalue weighted by atomic mass is 16.2. The van der Waals surface area contributed by atoms with Gasteiger partial charge in [0.15, 0.2) is 0 Å². The molecular weight excluding hydrogens is 240 g/mol. The van der Waals surface area contributed by atoms with E-state index in [1.807, 2.05) is 10.9 Å². The Balaban J connectivity index is 1.51. The van der Waals surface area contributed by atoms with E-state index in [4.69, 9.17) is 0 Å². The molecule has 0 aromatic carbocycles. The van der Waals surface area contributed by atoms with Crippen LogP contribution in [0.4, 0.5) is 0 Å². The van der Waals surface area contributed by atoms with Crippen molar-refractivity contribution in [2.75, 3.05) is 0 Å². The Morgan fingerprint density at radius 3 is 2.32 bits per heavy atom. The lowest BCUT2D eigenvalue weighted by Crippen LogP contribution is -2.50. The maximum Gasteiger partial charge on any atom is 0.226 e. The van der Waals surface area contributed by atoms with Crippen molar-refractivity contribution in [3.63, 3.8) is 0 Å². The fraction of sp³-hybridized carbons (Fsp3) is 0.786. The van der Waals surface area contributed by atoms with Gasteiger partial charge >= 0.3 is 0 Å². The first-order chi connectivity index (χ1) is 9.33. The number of carbonyl (C=O) groups excluding carboxylic acids is 1. The van der Waals surface area contributed by atoms with Crippen LogP contribution in [0.2, 0.25) is 0 Å². The minimum Gasteiger partial charge on any atom is -0.336 e. The van der Waals surface area contributed by atoms with Crippen LogP contribution >= 0.6 is 0 Å². The predicted octanol–water partition coefficient (Wildman–Crippen LogP) is 1.77. The van der Waals surface area contributed by atoms with Crippen molar-refractivity contribution < 1.29 is 4.79 Å². The van der Waals surface area contributed by atoms with Gasteiger partial charge < -0.3 is 4.90 Å². The molecule has 1 amide bonds. The number of aromatic nitrogens is 3. The molecule has 2 bridgehead atoms. The molecule has 1 aliphatic carbocycles. The summed E-state index contributed by atoms with van der Waals surface area (Å²) in [5.41, 5.74) is 0. The number of carbonyl (C=O) groups is 1. The zero-order valence-electron chi connectivity index (χ0n) is 11.1. The van der Waals surface area contributed by atoms with Gasteiger partial charge in [-0.25, -0.2) is 4.68 Å². The summed E-state index contributed by atoms with van der Waals surface area (Å²) in [6.07, 6.45) is 11.6. The van der Waals surface area contributed by atoms with E-state index in [9.17, 15) is 4.79 Å². The number of hydrogen-bond donors (Lipinski definition) is 0. The fourth-order valence-corrected chi connectivity index (χ4v) is 4.00. The van der Waals surface area contributed by atoms with E-state index in [1.165, 1.54) is 19.3 Å². The Bertz CT molecular complexity index is 454. The lowest BCUT2D eigenvalue weighted by molar-refractivity contribution is -0.143. The maximum atomic E-state index is 12.5. The molecule has 3 fully saturated rings. The Kier molecular flexibility index (Phi) is 2.60.